The molecule has 2 atom stereocenters. The van der Waals surface area contributed by atoms with Gasteiger partial charge in [-0.05, 0) is 19.8 Å². The summed E-state index contributed by atoms with van der Waals surface area (Å²) in [5.74, 6) is -2.54. The molecule has 0 saturated carbocycles. The number of carbonyl (C=O) groups excluding carboxylic acids is 1. The van der Waals surface area contributed by atoms with E-state index >= 15 is 0 Å². The molecule has 0 spiro atoms. The van der Waals surface area contributed by atoms with E-state index in [4.69, 9.17) is 9.15 Å². The molecule has 2 heterocycles. The molecule has 1 saturated heterocycles. The van der Waals surface area contributed by atoms with Gasteiger partial charge in [-0.3, -0.25) is 0 Å². The molecule has 5 nitrogen and oxygen atoms in total. The molecule has 1 fully saturated rings. The van der Waals surface area contributed by atoms with Crippen LogP contribution in [0.25, 0.3) is 0 Å². The number of hydrogen-bond donors (Lipinski definition) is 0. The predicted molar refractivity (Wildman–Crippen MR) is 64.9 cm³/mol. The lowest BCUT2D eigenvalue weighted by atomic mass is 10.00. The summed E-state index contributed by atoms with van der Waals surface area (Å²) in [7, 11) is 0. The standard InChI is InChI=1S/C13H16F3NO4/c1-3-8-7(5-6-20-8)11-17-10(13(14,15)16)9(21-11)12(18)19-4-2/h7-8H,3-6H2,1-2H3. The van der Waals surface area contributed by atoms with Gasteiger partial charge in [-0.15, -0.1) is 0 Å². The largest absolute Gasteiger partial charge is 0.460 e. The summed E-state index contributed by atoms with van der Waals surface area (Å²) < 4.78 is 54.0. The Labute approximate surface area is 119 Å². The monoisotopic (exact) mass is 307 g/mol. The van der Waals surface area contributed by atoms with Crippen molar-refractivity contribution in [3.8, 4) is 0 Å². The SMILES string of the molecule is CCOC(=O)c1oc(C2CCOC2CC)nc1C(F)(F)F. The van der Waals surface area contributed by atoms with E-state index in [0.29, 0.717) is 19.4 Å². The van der Waals surface area contributed by atoms with Crippen LogP contribution in [-0.2, 0) is 15.7 Å². The molecular formula is C13H16F3NO4. The van der Waals surface area contributed by atoms with E-state index in [1.807, 2.05) is 6.92 Å². The lowest BCUT2D eigenvalue weighted by Crippen LogP contribution is -2.15. The molecule has 1 aromatic rings. The van der Waals surface area contributed by atoms with Crippen LogP contribution in [0.4, 0.5) is 13.2 Å². The molecule has 1 aromatic heterocycles. The van der Waals surface area contributed by atoms with Gasteiger partial charge in [0.2, 0.25) is 11.7 Å². The molecule has 1 aliphatic heterocycles. The summed E-state index contributed by atoms with van der Waals surface area (Å²) in [6, 6.07) is 0. The second kappa shape index (κ2) is 6.05. The first kappa shape index (κ1) is 15.8. The molecule has 0 aromatic carbocycles. The molecule has 0 aliphatic carbocycles. The Morgan fingerprint density at radius 1 is 1.43 bits per heavy atom. The summed E-state index contributed by atoms with van der Waals surface area (Å²) in [6.07, 6.45) is -3.88. The quantitative estimate of drug-likeness (QED) is 0.800. The number of ether oxygens (including phenoxy) is 2. The molecule has 2 unspecified atom stereocenters. The van der Waals surface area contributed by atoms with Crippen molar-refractivity contribution >= 4 is 5.97 Å². The van der Waals surface area contributed by atoms with Gasteiger partial charge in [0, 0.05) is 6.61 Å². The van der Waals surface area contributed by atoms with Gasteiger partial charge in [0.05, 0.1) is 18.6 Å². The number of carbonyl (C=O) groups is 1. The predicted octanol–water partition coefficient (Wildman–Crippen LogP) is 3.15. The van der Waals surface area contributed by atoms with Gasteiger partial charge in [0.25, 0.3) is 0 Å². The molecule has 2 rings (SSSR count). The van der Waals surface area contributed by atoms with Gasteiger partial charge >= 0.3 is 12.1 Å². The van der Waals surface area contributed by atoms with Crippen molar-refractivity contribution in [2.75, 3.05) is 13.2 Å². The highest BCUT2D eigenvalue weighted by atomic mass is 19.4. The minimum absolute atomic E-state index is 0.0453. The number of esters is 1. The zero-order valence-electron chi connectivity index (χ0n) is 11.7. The van der Waals surface area contributed by atoms with E-state index in [2.05, 4.69) is 9.72 Å². The van der Waals surface area contributed by atoms with E-state index in [1.165, 1.54) is 6.92 Å². The van der Waals surface area contributed by atoms with Crippen LogP contribution in [0.3, 0.4) is 0 Å². The second-order valence-corrected chi connectivity index (χ2v) is 4.66. The van der Waals surface area contributed by atoms with E-state index in [0.717, 1.165) is 0 Å². The maximum Gasteiger partial charge on any atom is 0.437 e. The van der Waals surface area contributed by atoms with E-state index < -0.39 is 23.6 Å². The number of oxazole rings is 1. The zero-order chi connectivity index (χ0) is 15.6. The summed E-state index contributed by atoms with van der Waals surface area (Å²) in [5, 5.41) is 0. The first-order valence-electron chi connectivity index (χ1n) is 6.75. The first-order chi connectivity index (χ1) is 9.88. The van der Waals surface area contributed by atoms with E-state index in [-0.39, 0.29) is 24.5 Å². The first-order valence-corrected chi connectivity index (χ1v) is 6.75. The molecule has 0 bridgehead atoms. The van der Waals surface area contributed by atoms with Crippen LogP contribution in [0.1, 0.15) is 54.7 Å². The highest BCUT2D eigenvalue weighted by Gasteiger charge is 2.44. The van der Waals surface area contributed by atoms with Gasteiger partial charge in [0.15, 0.2) is 5.69 Å². The Balaban J connectivity index is 2.38. The Hall–Kier alpha value is -1.57. The van der Waals surface area contributed by atoms with Gasteiger partial charge in [-0.25, -0.2) is 9.78 Å². The van der Waals surface area contributed by atoms with Crippen LogP contribution in [-0.4, -0.2) is 30.3 Å². The van der Waals surface area contributed by atoms with Crippen molar-refractivity contribution in [3.05, 3.63) is 17.3 Å². The number of nitrogens with zero attached hydrogens (tertiary/aromatic N) is 1. The smallest absolute Gasteiger partial charge is 0.437 e. The van der Waals surface area contributed by atoms with Crippen LogP contribution < -0.4 is 0 Å². The minimum Gasteiger partial charge on any atom is -0.460 e. The topological polar surface area (TPSA) is 61.6 Å². The Morgan fingerprint density at radius 2 is 2.14 bits per heavy atom. The Bertz CT molecular complexity index is 512. The lowest BCUT2D eigenvalue weighted by molar-refractivity contribution is -0.141. The summed E-state index contributed by atoms with van der Waals surface area (Å²) in [6.45, 7) is 3.75. The normalized spacial score (nSPS) is 22.5. The molecule has 21 heavy (non-hydrogen) atoms. The van der Waals surface area contributed by atoms with Crippen molar-refractivity contribution in [1.29, 1.82) is 0 Å². The van der Waals surface area contributed by atoms with Crippen molar-refractivity contribution < 1.29 is 31.9 Å². The van der Waals surface area contributed by atoms with Gasteiger partial charge in [0.1, 0.15) is 0 Å². The minimum atomic E-state index is -4.77. The van der Waals surface area contributed by atoms with E-state index in [9.17, 15) is 18.0 Å². The van der Waals surface area contributed by atoms with Gasteiger partial charge < -0.3 is 13.9 Å². The highest BCUT2D eigenvalue weighted by molar-refractivity contribution is 5.87. The van der Waals surface area contributed by atoms with Crippen molar-refractivity contribution in [3.63, 3.8) is 0 Å². The third kappa shape index (κ3) is 3.20. The average Bonchev–Trinajstić information content (AvgIpc) is 3.04. The average molecular weight is 307 g/mol. The van der Waals surface area contributed by atoms with Crippen LogP contribution in [0.15, 0.2) is 4.42 Å². The maximum absolute atomic E-state index is 13.0. The lowest BCUT2D eigenvalue weighted by Gasteiger charge is -2.12. The summed E-state index contributed by atoms with van der Waals surface area (Å²) in [5.41, 5.74) is -1.34. The Kier molecular flexibility index (Phi) is 4.55. The number of aromatic nitrogens is 1. The number of rotatable bonds is 4. The fourth-order valence-electron chi connectivity index (χ4n) is 2.36. The van der Waals surface area contributed by atoms with Crippen LogP contribution >= 0.6 is 0 Å². The van der Waals surface area contributed by atoms with Crippen LogP contribution in [0.5, 0.6) is 0 Å². The molecule has 118 valence electrons. The van der Waals surface area contributed by atoms with Gasteiger partial charge in [-0.2, -0.15) is 13.2 Å². The fourth-order valence-corrected chi connectivity index (χ4v) is 2.36. The Morgan fingerprint density at radius 3 is 2.71 bits per heavy atom. The van der Waals surface area contributed by atoms with Crippen molar-refractivity contribution in [2.45, 2.75) is 44.9 Å². The van der Waals surface area contributed by atoms with Gasteiger partial charge in [-0.1, -0.05) is 6.92 Å². The summed E-state index contributed by atoms with van der Waals surface area (Å²) >= 11 is 0. The van der Waals surface area contributed by atoms with Crippen molar-refractivity contribution in [1.82, 2.24) is 4.98 Å². The highest BCUT2D eigenvalue weighted by Crippen LogP contribution is 2.38. The van der Waals surface area contributed by atoms with E-state index in [1.54, 1.807) is 0 Å². The summed E-state index contributed by atoms with van der Waals surface area (Å²) in [4.78, 5) is 15.1. The maximum atomic E-state index is 13.0. The third-order valence-corrected chi connectivity index (χ3v) is 3.30. The van der Waals surface area contributed by atoms with Crippen LogP contribution in [0.2, 0.25) is 0 Å². The zero-order valence-corrected chi connectivity index (χ0v) is 11.7. The fraction of sp³-hybridized carbons (Fsp3) is 0.692. The number of halogens is 3. The molecular weight excluding hydrogens is 291 g/mol. The third-order valence-electron chi connectivity index (χ3n) is 3.30. The molecule has 0 radical (unpaired) electrons. The number of hydrogen-bond acceptors (Lipinski definition) is 5. The molecule has 0 N–H and O–H groups in total. The second-order valence-electron chi connectivity index (χ2n) is 4.66. The number of alkyl halides is 3. The van der Waals surface area contributed by atoms with Crippen LogP contribution in [0, 0.1) is 0 Å². The van der Waals surface area contributed by atoms with Crippen molar-refractivity contribution in [2.24, 2.45) is 0 Å². The molecule has 8 heteroatoms. The molecule has 0 amide bonds. The molecule has 1 aliphatic rings.